The normalized spacial score (nSPS) is 12.3. The molecule has 8 nitrogen and oxygen atoms in total. The van der Waals surface area contributed by atoms with Crippen molar-refractivity contribution in [2.45, 2.75) is 5.22 Å². The van der Waals surface area contributed by atoms with Gasteiger partial charge in [-0.05, 0) is 42.7 Å². The Morgan fingerprint density at radius 3 is 2.58 bits per heavy atom. The number of aromatic nitrogens is 2. The Morgan fingerprint density at radius 1 is 1.03 bits per heavy atom. The number of amides is 2. The third kappa shape index (κ3) is 5.33. The molecule has 0 fully saturated rings. The second kappa shape index (κ2) is 10.5. The summed E-state index contributed by atoms with van der Waals surface area (Å²) in [6, 6.07) is 8.92. The minimum atomic E-state index is -2.72. The van der Waals surface area contributed by atoms with Crippen molar-refractivity contribution >= 4 is 29.3 Å². The van der Waals surface area contributed by atoms with Crippen LogP contribution < -0.4 is 15.4 Å². The zero-order valence-electron chi connectivity index (χ0n) is 21.3. The van der Waals surface area contributed by atoms with Gasteiger partial charge in [0.15, 0.2) is 34.7 Å². The van der Waals surface area contributed by atoms with Crippen molar-refractivity contribution in [3.05, 3.63) is 83.6 Å². The van der Waals surface area contributed by atoms with Crippen molar-refractivity contribution in [3.8, 4) is 22.8 Å². The number of ether oxygens (including phenoxy) is 1. The van der Waals surface area contributed by atoms with E-state index in [2.05, 4.69) is 15.3 Å². The maximum atomic E-state index is 14.8. The topological polar surface area (TPSA) is 106 Å². The van der Waals surface area contributed by atoms with Crippen molar-refractivity contribution in [2.24, 2.45) is 0 Å². The highest BCUT2D eigenvalue weighted by molar-refractivity contribution is 7.98. The molecule has 2 aromatic heterocycles. The van der Waals surface area contributed by atoms with Gasteiger partial charge in [-0.3, -0.25) is 14.6 Å². The van der Waals surface area contributed by atoms with E-state index in [9.17, 15) is 22.8 Å². The smallest absolute Gasteiger partial charge is 0.278 e. The average Bonchev–Trinajstić information content (AvgIpc) is 3.31. The molecular formula is C24H17F3N4O4S. The molecule has 4 rings (SSSR count). The number of anilines is 1. The lowest BCUT2D eigenvalue weighted by Gasteiger charge is -2.10. The maximum absolute atomic E-state index is 14.8. The second-order valence-corrected chi connectivity index (χ2v) is 7.78. The Morgan fingerprint density at radius 2 is 1.86 bits per heavy atom. The van der Waals surface area contributed by atoms with Crippen LogP contribution in [-0.4, -0.2) is 35.0 Å². The van der Waals surface area contributed by atoms with Crippen LogP contribution in [-0.2, 0) is 0 Å². The lowest BCUT2D eigenvalue weighted by molar-refractivity contribution is 0.0957. The van der Waals surface area contributed by atoms with E-state index in [1.54, 1.807) is 11.6 Å². The van der Waals surface area contributed by atoms with E-state index >= 15 is 0 Å². The highest BCUT2D eigenvalue weighted by Gasteiger charge is 2.23. The van der Waals surface area contributed by atoms with Crippen LogP contribution in [0.2, 0.25) is 0 Å². The number of halogens is 3. The van der Waals surface area contributed by atoms with Gasteiger partial charge in [0.25, 0.3) is 17.0 Å². The molecule has 0 aliphatic carbocycles. The Bertz CT molecular complexity index is 1570. The molecule has 2 aromatic carbocycles. The first-order valence-corrected chi connectivity index (χ1v) is 11.2. The summed E-state index contributed by atoms with van der Waals surface area (Å²) in [5, 5.41) is 4.34. The standard InChI is InChI=1S/C24H17F3N4O4S/c1-28-22(32)18-11-14(7-8-29-18)34-19-6-4-13(10-17(19)27)30-23(33)20-21(35-24(31-20)36-2)12-3-5-15(25)16(26)9-12/h3-11H,1-2H3,(H,28,32)(H,30,33)/i1D3. The number of nitrogens with zero attached hydrogens (tertiary/aromatic N) is 2. The monoisotopic (exact) mass is 517 g/mol. The Labute approximate surface area is 211 Å². The number of hydrogen-bond donors (Lipinski definition) is 2. The molecule has 4 aromatic rings. The predicted octanol–water partition coefficient (Wildman–Crippen LogP) is 5.28. The summed E-state index contributed by atoms with van der Waals surface area (Å²) in [5.74, 6) is -5.25. The summed E-state index contributed by atoms with van der Waals surface area (Å²) in [6.07, 6.45) is 2.82. The average molecular weight is 518 g/mol. The van der Waals surface area contributed by atoms with E-state index in [0.29, 0.717) is 0 Å². The third-order valence-corrected chi connectivity index (χ3v) is 5.20. The lowest BCUT2D eigenvalue weighted by atomic mass is 10.1. The number of nitrogens with one attached hydrogen (secondary N) is 2. The minimum absolute atomic E-state index is 0.000239. The van der Waals surface area contributed by atoms with Crippen LogP contribution >= 0.6 is 11.8 Å². The first kappa shape index (κ1) is 21.0. The van der Waals surface area contributed by atoms with Crippen LogP contribution in [0.3, 0.4) is 0 Å². The summed E-state index contributed by atoms with van der Waals surface area (Å²) >= 11 is 1.08. The van der Waals surface area contributed by atoms with Gasteiger partial charge in [0.1, 0.15) is 11.4 Å². The first-order chi connectivity index (χ1) is 18.4. The Kier molecular flexibility index (Phi) is 6.14. The van der Waals surface area contributed by atoms with Crippen LogP contribution in [0.1, 0.15) is 25.1 Å². The molecule has 0 bridgehead atoms. The number of benzene rings is 2. The number of carbonyl (C=O) groups excluding carboxylic acids is 2. The summed E-state index contributed by atoms with van der Waals surface area (Å²) in [5.41, 5.74) is -0.402. The van der Waals surface area contributed by atoms with E-state index in [1.165, 1.54) is 30.5 Å². The van der Waals surface area contributed by atoms with E-state index in [0.717, 1.165) is 36.0 Å². The highest BCUT2D eigenvalue weighted by Crippen LogP contribution is 2.31. The quantitative estimate of drug-likeness (QED) is 0.321. The number of rotatable bonds is 7. The molecule has 0 aliphatic rings. The molecule has 12 heteroatoms. The molecule has 0 saturated heterocycles. The number of pyridine rings is 1. The van der Waals surface area contributed by atoms with Crippen LogP contribution in [0.5, 0.6) is 11.5 Å². The highest BCUT2D eigenvalue weighted by atomic mass is 32.2. The fraction of sp³-hybridized carbons (Fsp3) is 0.0833. The molecule has 0 radical (unpaired) electrons. The molecule has 2 N–H and O–H groups in total. The van der Waals surface area contributed by atoms with Gasteiger partial charge in [0, 0.05) is 40.7 Å². The number of thioether (sulfide) groups is 1. The largest absolute Gasteiger partial charge is 0.454 e. The van der Waals surface area contributed by atoms with Crippen molar-refractivity contribution < 1.29 is 36.0 Å². The molecule has 0 spiro atoms. The Hall–Kier alpha value is -4.32. The minimum Gasteiger partial charge on any atom is -0.454 e. The molecule has 0 aliphatic heterocycles. The molecular weight excluding hydrogens is 497 g/mol. The first-order valence-electron chi connectivity index (χ1n) is 11.5. The molecule has 184 valence electrons. The fourth-order valence-electron chi connectivity index (χ4n) is 3.02. The van der Waals surface area contributed by atoms with Crippen LogP contribution in [0, 0.1) is 17.5 Å². The maximum Gasteiger partial charge on any atom is 0.278 e. The summed E-state index contributed by atoms with van der Waals surface area (Å²) in [7, 11) is 0. The molecule has 0 saturated carbocycles. The molecule has 0 atom stereocenters. The number of carbonyl (C=O) groups is 2. The van der Waals surface area contributed by atoms with Gasteiger partial charge < -0.3 is 19.8 Å². The third-order valence-electron chi connectivity index (χ3n) is 4.67. The second-order valence-electron chi connectivity index (χ2n) is 7.02. The summed E-state index contributed by atoms with van der Waals surface area (Å²) in [4.78, 5) is 32.8. The molecule has 0 unspecified atom stereocenters. The van der Waals surface area contributed by atoms with Crippen molar-refractivity contribution in [1.29, 1.82) is 0 Å². The van der Waals surface area contributed by atoms with Gasteiger partial charge in [-0.25, -0.2) is 13.2 Å². The van der Waals surface area contributed by atoms with Crippen LogP contribution in [0.25, 0.3) is 11.3 Å². The molecule has 2 heterocycles. The number of hydrogen-bond acceptors (Lipinski definition) is 7. The van der Waals surface area contributed by atoms with Crippen molar-refractivity contribution in [1.82, 2.24) is 15.3 Å². The van der Waals surface area contributed by atoms with Gasteiger partial charge in [-0.1, -0.05) is 11.8 Å². The van der Waals surface area contributed by atoms with Crippen LogP contribution in [0.4, 0.5) is 18.9 Å². The lowest BCUT2D eigenvalue weighted by Crippen LogP contribution is -2.18. The van der Waals surface area contributed by atoms with E-state index in [-0.39, 0.29) is 45.1 Å². The zero-order chi connectivity index (χ0) is 28.3. The van der Waals surface area contributed by atoms with Crippen LogP contribution in [0.15, 0.2) is 64.4 Å². The van der Waals surface area contributed by atoms with Crippen molar-refractivity contribution in [2.75, 3.05) is 18.5 Å². The van der Waals surface area contributed by atoms with Gasteiger partial charge >= 0.3 is 0 Å². The van der Waals surface area contributed by atoms with Gasteiger partial charge in [0.2, 0.25) is 0 Å². The summed E-state index contributed by atoms with van der Waals surface area (Å²) in [6.45, 7) is -2.72. The predicted molar refractivity (Wildman–Crippen MR) is 126 cm³/mol. The van der Waals surface area contributed by atoms with Gasteiger partial charge in [0.05, 0.1) is 0 Å². The zero-order valence-corrected chi connectivity index (χ0v) is 19.1. The van der Waals surface area contributed by atoms with E-state index in [4.69, 9.17) is 13.3 Å². The molecule has 36 heavy (non-hydrogen) atoms. The van der Waals surface area contributed by atoms with Gasteiger partial charge in [-0.2, -0.15) is 4.98 Å². The number of oxazole rings is 1. The fourth-order valence-corrected chi connectivity index (χ4v) is 3.37. The van der Waals surface area contributed by atoms with Crippen molar-refractivity contribution in [3.63, 3.8) is 0 Å². The van der Waals surface area contributed by atoms with Gasteiger partial charge in [-0.15, -0.1) is 0 Å². The van der Waals surface area contributed by atoms with E-state index in [1.807, 2.05) is 0 Å². The Balaban J connectivity index is 1.52. The SMILES string of the molecule is [2H]C([2H])([2H])NC(=O)c1cc(Oc2ccc(NC(=O)c3nc(SC)oc3-c3ccc(F)c(F)c3)cc2F)ccn1. The van der Waals surface area contributed by atoms with E-state index < -0.39 is 36.2 Å². The molecule has 2 amide bonds. The summed E-state index contributed by atoms with van der Waals surface area (Å²) < 4.78 is 74.2.